The van der Waals surface area contributed by atoms with Crippen LogP contribution in [0.2, 0.25) is 5.02 Å². The number of unbranched alkanes of at least 4 members (excludes halogenated alkanes) is 3. The standard InChI is InChI=1S/C38H44ClN3O10S2/c1-37(2)29-24-26(39)15-18-31(29)41(22-10-11-23-53(46,47)48)33(37)13-7-4-6-12-32-38(3,28-25-27(54(49,50)51)16-17-30(28)40-32)21-9-5-8-14-36(45)52-42-34(43)19-20-35(42)44/h4,6-7,12-13,15-18,24-25H,5,8-11,14,19-23H2,1-3H3,(H2,46,47,48,49,50,51). The minimum atomic E-state index is -4.46. The van der Waals surface area contributed by atoms with E-state index in [0.717, 1.165) is 22.7 Å². The first-order chi connectivity index (χ1) is 25.3. The second kappa shape index (κ2) is 16.3. The molecule has 0 radical (unpaired) electrons. The van der Waals surface area contributed by atoms with E-state index in [9.17, 15) is 40.3 Å². The number of hydroxylamine groups is 2. The molecular weight excluding hydrogens is 758 g/mol. The van der Waals surface area contributed by atoms with Gasteiger partial charge in [0.1, 0.15) is 6.54 Å². The Morgan fingerprint density at radius 3 is 2.37 bits per heavy atom. The molecule has 16 heteroatoms. The molecule has 2 N–H and O–H groups in total. The number of anilines is 1. The Morgan fingerprint density at radius 2 is 1.69 bits per heavy atom. The molecule has 3 heterocycles. The smallest absolute Gasteiger partial charge is 0.333 e. The number of rotatable bonds is 16. The number of benzene rings is 2. The van der Waals surface area contributed by atoms with E-state index in [1.54, 1.807) is 6.07 Å². The van der Waals surface area contributed by atoms with Gasteiger partial charge in [-0.1, -0.05) is 42.7 Å². The van der Waals surface area contributed by atoms with E-state index in [2.05, 4.69) is 23.7 Å². The highest BCUT2D eigenvalue weighted by Gasteiger charge is 2.44. The molecule has 0 bridgehead atoms. The summed E-state index contributed by atoms with van der Waals surface area (Å²) in [5, 5.41) is 4.53. The van der Waals surface area contributed by atoms with Crippen LogP contribution in [0, 0.1) is 0 Å². The number of carbonyl (C=O) groups excluding carboxylic acids is 3. The molecule has 1 fully saturated rings. The average Bonchev–Trinajstić information content (AvgIpc) is 3.63. The maximum atomic E-state index is 12.3. The van der Waals surface area contributed by atoms with Gasteiger partial charge in [-0.2, -0.15) is 13.0 Å². The van der Waals surface area contributed by atoms with E-state index in [4.69, 9.17) is 16.4 Å². The lowest BCUT2D eigenvalue weighted by molar-refractivity contribution is -0.438. The fourth-order valence-electron chi connectivity index (χ4n) is 7.20. The second-order valence-electron chi connectivity index (χ2n) is 14.4. The highest BCUT2D eigenvalue weighted by Crippen LogP contribution is 2.48. The Bertz CT molecular complexity index is 2180. The van der Waals surface area contributed by atoms with Crippen molar-refractivity contribution < 1.29 is 49.7 Å². The fourth-order valence-corrected chi connectivity index (χ4v) is 8.44. The van der Waals surface area contributed by atoms with Gasteiger partial charge in [0.15, 0.2) is 5.71 Å². The minimum Gasteiger partial charge on any atom is -0.748 e. The van der Waals surface area contributed by atoms with Crippen LogP contribution in [-0.2, 0) is 50.3 Å². The Balaban J connectivity index is 1.32. The van der Waals surface area contributed by atoms with E-state index >= 15 is 0 Å². The van der Waals surface area contributed by atoms with Gasteiger partial charge >= 0.3 is 5.97 Å². The number of halogens is 1. The summed E-state index contributed by atoms with van der Waals surface area (Å²) < 4.78 is 69.5. The van der Waals surface area contributed by atoms with E-state index in [1.165, 1.54) is 12.1 Å². The molecule has 2 aromatic rings. The van der Waals surface area contributed by atoms with Gasteiger partial charge in [-0.15, -0.1) is 5.06 Å². The zero-order valence-electron chi connectivity index (χ0n) is 30.3. The van der Waals surface area contributed by atoms with Crippen LogP contribution in [0.25, 0.3) is 0 Å². The molecule has 290 valence electrons. The molecule has 1 atom stereocenters. The SMILES string of the molecule is CC1(C)C(/C=C/C=C/C=C2/Nc3ccc(S(=O)(=O)O)cc3C2(C)CCCCCC(=O)ON2C(=O)CCC2=O)=[N+](CCCCS(=O)(=O)[O-])c2ccc(Cl)cc21. The molecule has 3 aliphatic rings. The summed E-state index contributed by atoms with van der Waals surface area (Å²) in [6.45, 7) is 6.65. The number of carbonyl (C=O) groups is 3. The number of amides is 2. The number of imide groups is 1. The van der Waals surface area contributed by atoms with Gasteiger partial charge in [0.2, 0.25) is 5.69 Å². The predicted molar refractivity (Wildman–Crippen MR) is 202 cm³/mol. The number of nitrogens with one attached hydrogen (secondary N) is 1. The summed E-state index contributed by atoms with van der Waals surface area (Å²) in [4.78, 5) is 40.5. The van der Waals surface area contributed by atoms with Crippen LogP contribution in [-0.4, -0.2) is 71.4 Å². The minimum absolute atomic E-state index is 0.0146. The molecule has 1 unspecified atom stereocenters. The number of hydrogen-bond acceptors (Lipinski definition) is 10. The maximum Gasteiger partial charge on any atom is 0.333 e. The Kier molecular flexibility index (Phi) is 12.4. The number of hydrogen-bond donors (Lipinski definition) is 2. The van der Waals surface area contributed by atoms with Gasteiger partial charge in [-0.25, -0.2) is 13.2 Å². The number of allylic oxidation sites excluding steroid dienone is 6. The van der Waals surface area contributed by atoms with Gasteiger partial charge in [0.25, 0.3) is 21.9 Å². The largest absolute Gasteiger partial charge is 0.748 e. The summed E-state index contributed by atoms with van der Waals surface area (Å²) in [6.07, 6.45) is 12.6. The highest BCUT2D eigenvalue weighted by atomic mass is 35.5. The summed E-state index contributed by atoms with van der Waals surface area (Å²) in [6, 6.07) is 10.1. The quantitative estimate of drug-likeness (QED) is 0.0644. The highest BCUT2D eigenvalue weighted by molar-refractivity contribution is 7.86. The van der Waals surface area contributed by atoms with Gasteiger partial charge in [0, 0.05) is 71.0 Å². The fraction of sp³-hybridized carbons (Fsp3) is 0.421. The molecule has 3 aliphatic heterocycles. The lowest BCUT2D eigenvalue weighted by Gasteiger charge is -2.26. The first-order valence-electron chi connectivity index (χ1n) is 17.7. The molecule has 0 aromatic heterocycles. The third-order valence-corrected chi connectivity index (χ3v) is 12.0. The van der Waals surface area contributed by atoms with E-state index in [1.807, 2.05) is 55.5 Å². The second-order valence-corrected chi connectivity index (χ2v) is 17.7. The lowest BCUT2D eigenvalue weighted by Crippen LogP contribution is -2.31. The van der Waals surface area contributed by atoms with Crippen molar-refractivity contribution in [1.29, 1.82) is 0 Å². The van der Waals surface area contributed by atoms with Crippen molar-refractivity contribution in [3.63, 3.8) is 0 Å². The van der Waals surface area contributed by atoms with Crippen molar-refractivity contribution in [2.24, 2.45) is 0 Å². The van der Waals surface area contributed by atoms with E-state index in [0.29, 0.717) is 60.0 Å². The molecule has 0 saturated carbocycles. The zero-order chi connectivity index (χ0) is 39.5. The van der Waals surface area contributed by atoms with Crippen molar-refractivity contribution in [1.82, 2.24) is 5.06 Å². The van der Waals surface area contributed by atoms with Crippen LogP contribution in [0.3, 0.4) is 0 Å². The van der Waals surface area contributed by atoms with Crippen LogP contribution in [0.1, 0.15) is 89.7 Å². The molecule has 2 aromatic carbocycles. The molecule has 0 aliphatic carbocycles. The van der Waals surface area contributed by atoms with Gasteiger partial charge in [0.05, 0.1) is 20.4 Å². The third kappa shape index (κ3) is 9.37. The van der Waals surface area contributed by atoms with Crippen molar-refractivity contribution in [3.05, 3.63) is 88.6 Å². The monoisotopic (exact) mass is 801 g/mol. The maximum absolute atomic E-state index is 12.3. The summed E-state index contributed by atoms with van der Waals surface area (Å²) in [5.74, 6) is -2.16. The molecule has 0 spiro atoms. The topological polar surface area (TPSA) is 190 Å². The zero-order valence-corrected chi connectivity index (χ0v) is 32.7. The predicted octanol–water partition coefficient (Wildman–Crippen LogP) is 6.23. The summed E-state index contributed by atoms with van der Waals surface area (Å²) >= 11 is 6.36. The van der Waals surface area contributed by atoms with Crippen molar-refractivity contribution in [2.45, 2.75) is 94.3 Å². The van der Waals surface area contributed by atoms with Gasteiger partial charge in [-0.3, -0.25) is 14.1 Å². The van der Waals surface area contributed by atoms with Crippen LogP contribution in [0.5, 0.6) is 0 Å². The van der Waals surface area contributed by atoms with Gasteiger partial charge < -0.3 is 14.7 Å². The Labute approximate surface area is 320 Å². The molecule has 1 saturated heterocycles. The van der Waals surface area contributed by atoms with Crippen molar-refractivity contribution in [2.75, 3.05) is 17.6 Å². The third-order valence-electron chi connectivity index (χ3n) is 10.1. The Morgan fingerprint density at radius 1 is 0.963 bits per heavy atom. The van der Waals surface area contributed by atoms with Crippen LogP contribution < -0.4 is 5.32 Å². The first kappa shape index (κ1) is 41.0. The first-order valence-corrected chi connectivity index (χ1v) is 21.1. The molecule has 54 heavy (non-hydrogen) atoms. The molecule has 2 amide bonds. The normalized spacial score (nSPS) is 20.4. The summed E-state index contributed by atoms with van der Waals surface area (Å²) in [5.41, 5.74) is 4.04. The Hall–Kier alpha value is -4.15. The van der Waals surface area contributed by atoms with E-state index in [-0.39, 0.29) is 30.6 Å². The molecular formula is C38H44ClN3O10S2. The van der Waals surface area contributed by atoms with Crippen molar-refractivity contribution in [3.8, 4) is 0 Å². The average molecular weight is 802 g/mol. The molecule has 13 nitrogen and oxygen atoms in total. The van der Waals surface area contributed by atoms with Crippen LogP contribution in [0.4, 0.5) is 11.4 Å². The lowest BCUT2D eigenvalue weighted by atomic mass is 9.77. The van der Waals surface area contributed by atoms with Crippen molar-refractivity contribution >= 4 is 66.7 Å². The number of nitrogens with zero attached hydrogens (tertiary/aromatic N) is 2. The van der Waals surface area contributed by atoms with Crippen LogP contribution >= 0.6 is 11.6 Å². The van der Waals surface area contributed by atoms with Gasteiger partial charge in [-0.05, 0) is 82.0 Å². The van der Waals surface area contributed by atoms with E-state index < -0.39 is 54.6 Å². The summed E-state index contributed by atoms with van der Waals surface area (Å²) in [7, 11) is -8.76. The molecule has 5 rings (SSSR count). The van der Waals surface area contributed by atoms with Crippen LogP contribution in [0.15, 0.2) is 77.4 Å². The number of fused-ring (bicyclic) bond motifs is 2.